The van der Waals surface area contributed by atoms with Gasteiger partial charge in [-0.2, -0.15) is 0 Å². The molecule has 1 aliphatic heterocycles. The minimum atomic E-state index is -0.259. The van der Waals surface area contributed by atoms with E-state index in [0.717, 1.165) is 34.3 Å². The molecule has 1 N–H and O–H groups in total. The Morgan fingerprint density at radius 2 is 1.82 bits per heavy atom. The summed E-state index contributed by atoms with van der Waals surface area (Å²) in [7, 11) is 0. The van der Waals surface area contributed by atoms with Gasteiger partial charge in [0.1, 0.15) is 6.33 Å². The van der Waals surface area contributed by atoms with E-state index in [2.05, 4.69) is 73.6 Å². The van der Waals surface area contributed by atoms with Crippen LogP contribution in [0.15, 0.2) is 47.0 Å². The molecule has 1 aliphatic rings. The molecule has 0 spiro atoms. The van der Waals surface area contributed by atoms with Gasteiger partial charge in [-0.25, -0.2) is 4.98 Å². The van der Waals surface area contributed by atoms with E-state index in [9.17, 15) is 9.90 Å². The molecule has 0 aliphatic carbocycles. The van der Waals surface area contributed by atoms with Crippen LogP contribution in [0.1, 0.15) is 73.4 Å². The Morgan fingerprint density at radius 1 is 1.13 bits per heavy atom. The number of carbonyl (C=O) groups is 1. The first-order chi connectivity index (χ1) is 17.2. The maximum Gasteiger partial charge on any atom is 0.161 e. The first-order valence-electron chi connectivity index (χ1n) is 13.0. The molecule has 0 fully saturated rings. The number of hydrogen-bond acceptors (Lipinski definition) is 5. The third-order valence-electron chi connectivity index (χ3n) is 6.88. The minimum Gasteiger partial charge on any atom is -0.565 e. The molecule has 38 heavy (non-hydrogen) atoms. The number of aliphatic hydroxyl groups is 1. The van der Waals surface area contributed by atoms with Gasteiger partial charge in [-0.1, -0.05) is 77.8 Å². The molecule has 0 bridgehead atoms. The van der Waals surface area contributed by atoms with Gasteiger partial charge in [-0.05, 0) is 37.5 Å². The van der Waals surface area contributed by atoms with E-state index in [4.69, 9.17) is 4.42 Å². The average molecular weight is 693 g/mol. The molecule has 6 nitrogen and oxygen atoms in total. The second-order valence-electron chi connectivity index (χ2n) is 12.3. The standard InChI is InChI=1S/C22H22N3O.C9H16O2.Ir/c1-21(2,3)9-13-7-6-8-14-17-20-18(24-12-23-17)15-10-26-11-16(15)22(4,5)25(20)19(13)14;1-6(2)8(10)5-9(11)7(3)4;/h6-8,11-12H,9H2,1-5H3;5-7,10H,1-4H3;/q-1;;/b;8-5-;. The van der Waals surface area contributed by atoms with Crippen molar-refractivity contribution in [2.75, 3.05) is 0 Å². The molecule has 3 aromatic heterocycles. The number of fused-ring (bicyclic) bond motifs is 5. The van der Waals surface area contributed by atoms with Crippen molar-refractivity contribution in [2.45, 2.75) is 74.3 Å². The number of allylic oxidation sites excluding steroid dienone is 2. The number of hydrogen-bond donors (Lipinski definition) is 1. The number of aromatic nitrogens is 3. The van der Waals surface area contributed by atoms with Gasteiger partial charge < -0.3 is 14.1 Å². The van der Waals surface area contributed by atoms with E-state index < -0.39 is 0 Å². The number of rotatable bonds is 4. The Balaban J connectivity index is 0.000000287. The number of benzene rings is 1. The fourth-order valence-electron chi connectivity index (χ4n) is 4.89. The van der Waals surface area contributed by atoms with E-state index in [1.54, 1.807) is 6.33 Å². The number of carbonyl (C=O) groups excluding carboxylic acids is 1. The van der Waals surface area contributed by atoms with Crippen LogP contribution in [0.2, 0.25) is 0 Å². The summed E-state index contributed by atoms with van der Waals surface area (Å²) in [5, 5.41) is 10.4. The summed E-state index contributed by atoms with van der Waals surface area (Å²) in [5.41, 5.74) is 7.63. The quantitative estimate of drug-likeness (QED) is 0.135. The van der Waals surface area contributed by atoms with Crippen LogP contribution in [0.3, 0.4) is 0 Å². The van der Waals surface area contributed by atoms with Crippen molar-refractivity contribution in [1.29, 1.82) is 0 Å². The minimum absolute atomic E-state index is 0. The first-order valence-corrected chi connectivity index (χ1v) is 13.0. The molecule has 4 heterocycles. The summed E-state index contributed by atoms with van der Waals surface area (Å²) in [4.78, 5) is 20.3. The van der Waals surface area contributed by atoms with Crippen LogP contribution in [0.4, 0.5) is 0 Å². The van der Waals surface area contributed by atoms with Crippen LogP contribution in [-0.2, 0) is 36.9 Å². The predicted octanol–water partition coefficient (Wildman–Crippen LogP) is 7.64. The van der Waals surface area contributed by atoms with Crippen LogP contribution in [-0.4, -0.2) is 25.4 Å². The number of para-hydroxylation sites is 1. The average Bonchev–Trinajstić information content (AvgIpc) is 3.42. The Hall–Kier alpha value is -2.76. The molecule has 1 radical (unpaired) electrons. The normalized spacial score (nSPS) is 14.3. The van der Waals surface area contributed by atoms with Gasteiger partial charge in [0.05, 0.1) is 22.3 Å². The Labute approximate surface area is 238 Å². The number of furan rings is 1. The molecule has 7 heteroatoms. The molecule has 205 valence electrons. The zero-order valence-electron chi connectivity index (χ0n) is 23.8. The zero-order valence-corrected chi connectivity index (χ0v) is 26.2. The summed E-state index contributed by atoms with van der Waals surface area (Å²) >= 11 is 0. The van der Waals surface area contributed by atoms with Crippen molar-refractivity contribution in [3.8, 4) is 11.3 Å². The van der Waals surface area contributed by atoms with Crippen LogP contribution in [0, 0.1) is 23.5 Å². The fraction of sp³-hybridized carbons (Fsp3) is 0.452. The number of aliphatic hydroxyl groups excluding tert-OH is 1. The Morgan fingerprint density at radius 3 is 2.42 bits per heavy atom. The smallest absolute Gasteiger partial charge is 0.161 e. The van der Waals surface area contributed by atoms with Gasteiger partial charge in [0, 0.05) is 60.9 Å². The molecule has 0 atom stereocenters. The van der Waals surface area contributed by atoms with Crippen molar-refractivity contribution in [1.82, 2.24) is 14.5 Å². The molecule has 0 unspecified atom stereocenters. The second kappa shape index (κ2) is 10.8. The van der Waals surface area contributed by atoms with Gasteiger partial charge in [-0.3, -0.25) is 9.78 Å². The van der Waals surface area contributed by atoms with Crippen molar-refractivity contribution in [2.24, 2.45) is 17.3 Å². The van der Waals surface area contributed by atoms with E-state index in [1.165, 1.54) is 22.5 Å². The fourth-order valence-corrected chi connectivity index (χ4v) is 4.89. The summed E-state index contributed by atoms with van der Waals surface area (Å²) in [6.45, 7) is 18.6. The molecule has 0 saturated heterocycles. The SMILES string of the molecule is CC(C)(C)Cc1cccc2c3ncnc4c3n(c12)C(C)(C)c1co[c-]c1-4.CC(C)C(=O)/C=C(\O)C(C)C.[Ir]. The van der Waals surface area contributed by atoms with Crippen molar-refractivity contribution < 1.29 is 34.4 Å². The van der Waals surface area contributed by atoms with Gasteiger partial charge in [0.25, 0.3) is 0 Å². The second-order valence-corrected chi connectivity index (χ2v) is 12.3. The topological polar surface area (TPSA) is 81.2 Å². The number of ketones is 1. The Kier molecular flexibility index (Phi) is 8.45. The molecule has 0 amide bonds. The van der Waals surface area contributed by atoms with Crippen LogP contribution >= 0.6 is 0 Å². The van der Waals surface area contributed by atoms with Crippen molar-refractivity contribution in [3.05, 3.63) is 60.0 Å². The molecule has 5 rings (SSSR count). The Bertz CT molecular complexity index is 1500. The monoisotopic (exact) mass is 693 g/mol. The van der Waals surface area contributed by atoms with Crippen LogP contribution in [0.25, 0.3) is 33.2 Å². The molecular formula is C31H38IrN3O3-. The summed E-state index contributed by atoms with van der Waals surface area (Å²) in [5.74, 6) is 0.161. The maximum atomic E-state index is 11.0. The van der Waals surface area contributed by atoms with E-state index >= 15 is 0 Å². The maximum absolute atomic E-state index is 11.0. The number of nitrogens with zero attached hydrogens (tertiary/aromatic N) is 3. The molecule has 4 aromatic rings. The zero-order chi connectivity index (χ0) is 27.3. The van der Waals surface area contributed by atoms with E-state index in [0.29, 0.717) is 0 Å². The van der Waals surface area contributed by atoms with Crippen molar-refractivity contribution in [3.63, 3.8) is 0 Å². The molecule has 0 saturated carbocycles. The summed E-state index contributed by atoms with van der Waals surface area (Å²) in [6.07, 6.45) is 8.81. The first kappa shape index (κ1) is 29.8. The van der Waals surface area contributed by atoms with E-state index in [1.807, 2.05) is 34.0 Å². The van der Waals surface area contributed by atoms with E-state index in [-0.39, 0.29) is 54.4 Å². The van der Waals surface area contributed by atoms with Gasteiger partial charge in [0.2, 0.25) is 0 Å². The summed E-state index contributed by atoms with van der Waals surface area (Å²) < 4.78 is 7.88. The van der Waals surface area contributed by atoms with Crippen molar-refractivity contribution >= 4 is 27.7 Å². The predicted molar refractivity (Wildman–Crippen MR) is 149 cm³/mol. The molecule has 1 aromatic carbocycles. The van der Waals surface area contributed by atoms with Crippen LogP contribution < -0.4 is 0 Å². The third-order valence-corrected chi connectivity index (χ3v) is 6.88. The third kappa shape index (κ3) is 5.37. The largest absolute Gasteiger partial charge is 0.565 e. The summed E-state index contributed by atoms with van der Waals surface area (Å²) in [6, 6.07) is 6.57. The van der Waals surface area contributed by atoms with Gasteiger partial charge in [0.15, 0.2) is 5.78 Å². The van der Waals surface area contributed by atoms with Crippen LogP contribution in [0.5, 0.6) is 0 Å². The molecular weight excluding hydrogens is 655 g/mol. The van der Waals surface area contributed by atoms with Gasteiger partial charge >= 0.3 is 0 Å². The van der Waals surface area contributed by atoms with Gasteiger partial charge in [-0.15, -0.1) is 0 Å².